The summed E-state index contributed by atoms with van der Waals surface area (Å²) in [6.45, 7) is 3.71. The summed E-state index contributed by atoms with van der Waals surface area (Å²) in [5.41, 5.74) is 6.59. The first-order valence-electron chi connectivity index (χ1n) is 8.64. The van der Waals surface area contributed by atoms with E-state index in [0.717, 1.165) is 20.5 Å². The van der Waals surface area contributed by atoms with E-state index in [4.69, 9.17) is 15.2 Å². The minimum atomic E-state index is -0.751. The van der Waals surface area contributed by atoms with Gasteiger partial charge in [-0.25, -0.2) is 4.98 Å². The van der Waals surface area contributed by atoms with Crippen LogP contribution in [0, 0.1) is 6.92 Å². The number of hydrogen-bond acceptors (Lipinski definition) is 6. The maximum absolute atomic E-state index is 12.7. The van der Waals surface area contributed by atoms with E-state index in [-0.39, 0.29) is 12.5 Å². The molecule has 146 valence electrons. The van der Waals surface area contributed by atoms with Crippen LogP contribution in [0.25, 0.3) is 10.1 Å². The summed E-state index contributed by atoms with van der Waals surface area (Å²) < 4.78 is 12.1. The highest BCUT2D eigenvalue weighted by molar-refractivity contribution is 7.19. The molecule has 0 radical (unpaired) electrons. The number of carbonyl (C=O) groups is 2. The van der Waals surface area contributed by atoms with Crippen LogP contribution in [0.1, 0.15) is 27.7 Å². The summed E-state index contributed by atoms with van der Waals surface area (Å²) in [6.07, 6.45) is 1.65. The second kappa shape index (κ2) is 8.26. The van der Waals surface area contributed by atoms with Crippen LogP contribution in [-0.4, -0.2) is 29.9 Å². The van der Waals surface area contributed by atoms with Gasteiger partial charge in [0, 0.05) is 21.2 Å². The van der Waals surface area contributed by atoms with E-state index in [1.807, 2.05) is 37.3 Å². The van der Waals surface area contributed by atoms with Crippen molar-refractivity contribution < 1.29 is 19.1 Å². The number of nitrogens with one attached hydrogen (secondary N) is 1. The molecule has 0 aliphatic carbocycles. The van der Waals surface area contributed by atoms with Crippen molar-refractivity contribution in [2.75, 3.05) is 7.11 Å². The summed E-state index contributed by atoms with van der Waals surface area (Å²) in [5.74, 6) is 0.213. The molecular formula is C20H21N3O4S. The molecule has 7 nitrogen and oxygen atoms in total. The van der Waals surface area contributed by atoms with Crippen LogP contribution in [-0.2, 0) is 11.4 Å². The monoisotopic (exact) mass is 399 g/mol. The second-order valence-corrected chi connectivity index (χ2v) is 7.51. The topological polar surface area (TPSA) is 104 Å². The van der Waals surface area contributed by atoms with Crippen LogP contribution < -0.4 is 20.5 Å². The van der Waals surface area contributed by atoms with Gasteiger partial charge in [-0.15, -0.1) is 11.3 Å². The highest BCUT2D eigenvalue weighted by atomic mass is 32.1. The fourth-order valence-electron chi connectivity index (χ4n) is 2.79. The van der Waals surface area contributed by atoms with Crippen molar-refractivity contribution in [3.05, 3.63) is 52.5 Å². The average Bonchev–Trinajstić information content (AvgIpc) is 3.01. The zero-order chi connectivity index (χ0) is 20.3. The Bertz CT molecular complexity index is 1030. The SMILES string of the molecule is COc1ncccc1COc1ccc2sc(C)c(C(=O)N[C@@H](C)C(N)=O)c2c1. The molecule has 2 amide bonds. The third-order valence-corrected chi connectivity index (χ3v) is 5.36. The molecular weight excluding hydrogens is 378 g/mol. The van der Waals surface area contributed by atoms with Gasteiger partial charge in [0.05, 0.1) is 18.2 Å². The first-order chi connectivity index (χ1) is 13.4. The molecule has 1 atom stereocenters. The number of hydrogen-bond donors (Lipinski definition) is 2. The quantitative estimate of drug-likeness (QED) is 0.636. The third-order valence-electron chi connectivity index (χ3n) is 4.27. The lowest BCUT2D eigenvalue weighted by molar-refractivity contribution is -0.119. The highest BCUT2D eigenvalue weighted by Crippen LogP contribution is 2.34. The standard InChI is InChI=1S/C20H21N3O4S/c1-11(18(21)24)23-19(25)17-12(2)28-16-7-6-14(9-15(16)17)27-10-13-5-4-8-22-20(13)26-3/h4-9,11H,10H2,1-3H3,(H2,21,24)(H,23,25)/t11-/m0/s1. The van der Waals surface area contributed by atoms with E-state index in [1.165, 1.54) is 11.3 Å². The first-order valence-corrected chi connectivity index (χ1v) is 9.46. The third kappa shape index (κ3) is 4.07. The molecule has 0 spiro atoms. The molecule has 1 aromatic carbocycles. The van der Waals surface area contributed by atoms with Crippen LogP contribution >= 0.6 is 11.3 Å². The van der Waals surface area contributed by atoms with Crippen LogP contribution in [0.3, 0.4) is 0 Å². The van der Waals surface area contributed by atoms with Gasteiger partial charge in [-0.1, -0.05) is 0 Å². The number of amides is 2. The number of primary amides is 1. The lowest BCUT2D eigenvalue weighted by Crippen LogP contribution is -2.42. The first kappa shape index (κ1) is 19.6. The van der Waals surface area contributed by atoms with Crippen LogP contribution in [0.5, 0.6) is 11.6 Å². The molecule has 28 heavy (non-hydrogen) atoms. The number of benzene rings is 1. The molecule has 0 saturated heterocycles. The Morgan fingerprint density at radius 1 is 1.32 bits per heavy atom. The number of fused-ring (bicyclic) bond motifs is 1. The Kier molecular flexibility index (Phi) is 5.79. The van der Waals surface area contributed by atoms with Crippen LogP contribution in [0.4, 0.5) is 0 Å². The maximum atomic E-state index is 12.7. The van der Waals surface area contributed by atoms with Crippen LogP contribution in [0.2, 0.25) is 0 Å². The van der Waals surface area contributed by atoms with Crippen LogP contribution in [0.15, 0.2) is 36.5 Å². The van der Waals surface area contributed by atoms with Crippen molar-refractivity contribution in [1.29, 1.82) is 0 Å². The molecule has 0 aliphatic heterocycles. The minimum Gasteiger partial charge on any atom is -0.489 e. The summed E-state index contributed by atoms with van der Waals surface area (Å²) in [4.78, 5) is 28.9. The normalized spacial score (nSPS) is 11.8. The van der Waals surface area contributed by atoms with Crippen molar-refractivity contribution >= 4 is 33.2 Å². The lowest BCUT2D eigenvalue weighted by atomic mass is 10.1. The average molecular weight is 399 g/mol. The van der Waals surface area contributed by atoms with Crippen molar-refractivity contribution in [3.63, 3.8) is 0 Å². The molecule has 3 N–H and O–H groups in total. The molecule has 3 aromatic rings. The number of ether oxygens (including phenoxy) is 2. The van der Waals surface area contributed by atoms with Crippen molar-refractivity contribution in [2.45, 2.75) is 26.5 Å². The van der Waals surface area contributed by atoms with Crippen molar-refractivity contribution in [2.24, 2.45) is 5.73 Å². The fourth-order valence-corrected chi connectivity index (χ4v) is 3.83. The number of aromatic nitrogens is 1. The van der Waals surface area contributed by atoms with Gasteiger partial charge in [0.25, 0.3) is 5.91 Å². The molecule has 0 unspecified atom stereocenters. The van der Waals surface area contributed by atoms with E-state index < -0.39 is 11.9 Å². The molecule has 0 fully saturated rings. The number of nitrogens with two attached hydrogens (primary N) is 1. The number of methoxy groups -OCH3 is 1. The molecule has 0 saturated carbocycles. The molecule has 2 aromatic heterocycles. The van der Waals surface area contributed by atoms with Gasteiger partial charge in [-0.05, 0) is 44.2 Å². The minimum absolute atomic E-state index is 0.284. The smallest absolute Gasteiger partial charge is 0.253 e. The highest BCUT2D eigenvalue weighted by Gasteiger charge is 2.20. The molecule has 2 heterocycles. The zero-order valence-corrected chi connectivity index (χ0v) is 16.6. The summed E-state index contributed by atoms with van der Waals surface area (Å²) in [6, 6.07) is 8.54. The Balaban J connectivity index is 1.86. The van der Waals surface area contributed by atoms with E-state index in [0.29, 0.717) is 17.2 Å². The number of rotatable bonds is 7. The van der Waals surface area contributed by atoms with Crippen molar-refractivity contribution in [3.8, 4) is 11.6 Å². The van der Waals surface area contributed by atoms with Gasteiger partial charge >= 0.3 is 0 Å². The Morgan fingerprint density at radius 3 is 2.82 bits per heavy atom. The van der Waals surface area contributed by atoms with E-state index in [9.17, 15) is 9.59 Å². The predicted octanol–water partition coefficient (Wildman–Crippen LogP) is 2.80. The summed E-state index contributed by atoms with van der Waals surface area (Å²) >= 11 is 1.51. The van der Waals surface area contributed by atoms with Gasteiger partial charge in [0.1, 0.15) is 18.4 Å². The van der Waals surface area contributed by atoms with Gasteiger partial charge in [-0.3, -0.25) is 9.59 Å². The summed E-state index contributed by atoms with van der Waals surface area (Å²) in [7, 11) is 1.56. The Labute approximate surface area is 166 Å². The lowest BCUT2D eigenvalue weighted by Gasteiger charge is -2.11. The Morgan fingerprint density at radius 2 is 2.11 bits per heavy atom. The largest absolute Gasteiger partial charge is 0.489 e. The Hall–Kier alpha value is -3.13. The number of carbonyl (C=O) groups excluding carboxylic acids is 2. The predicted molar refractivity (Wildman–Crippen MR) is 108 cm³/mol. The van der Waals surface area contributed by atoms with E-state index in [2.05, 4.69) is 10.3 Å². The number of nitrogens with zero attached hydrogens (tertiary/aromatic N) is 1. The number of thiophene rings is 1. The van der Waals surface area contributed by atoms with Gasteiger partial charge in [0.15, 0.2) is 0 Å². The fraction of sp³-hybridized carbons (Fsp3) is 0.250. The van der Waals surface area contributed by atoms with E-state index >= 15 is 0 Å². The number of aryl methyl sites for hydroxylation is 1. The van der Waals surface area contributed by atoms with Gasteiger partial charge in [-0.2, -0.15) is 0 Å². The molecule has 8 heteroatoms. The molecule has 0 bridgehead atoms. The summed E-state index contributed by atoms with van der Waals surface area (Å²) in [5, 5.41) is 3.41. The second-order valence-electron chi connectivity index (χ2n) is 6.25. The molecule has 3 rings (SSSR count). The van der Waals surface area contributed by atoms with E-state index in [1.54, 1.807) is 20.2 Å². The number of pyridine rings is 1. The van der Waals surface area contributed by atoms with Gasteiger partial charge in [0.2, 0.25) is 11.8 Å². The van der Waals surface area contributed by atoms with Gasteiger partial charge < -0.3 is 20.5 Å². The zero-order valence-electron chi connectivity index (χ0n) is 15.8. The molecule has 0 aliphatic rings. The maximum Gasteiger partial charge on any atom is 0.253 e. The van der Waals surface area contributed by atoms with Crippen molar-refractivity contribution in [1.82, 2.24) is 10.3 Å².